The van der Waals surface area contributed by atoms with Crippen molar-refractivity contribution in [1.82, 2.24) is 19.9 Å². The SMILES string of the molecule is Oc1ccc(-c2cc3cc4nc(c(-c5ccccc5)c5ccc([nH]5)c(-c5ccccc5)c5nc(c(-c6ccccc6)c2[nH]3)C=C5)C=C4)cc1. The number of hydrogen-bond donors (Lipinski definition) is 3. The van der Waals surface area contributed by atoms with Crippen molar-refractivity contribution in [1.29, 1.82) is 0 Å². The van der Waals surface area contributed by atoms with E-state index in [0.717, 1.165) is 89.4 Å². The maximum atomic E-state index is 10.1. The molecule has 0 atom stereocenters. The van der Waals surface area contributed by atoms with Crippen LogP contribution < -0.4 is 0 Å². The summed E-state index contributed by atoms with van der Waals surface area (Å²) in [6.45, 7) is 0. The summed E-state index contributed by atoms with van der Waals surface area (Å²) < 4.78 is 0. The van der Waals surface area contributed by atoms with Crippen LogP contribution in [0, 0.1) is 0 Å². The van der Waals surface area contributed by atoms with E-state index in [0.29, 0.717) is 0 Å². The van der Waals surface area contributed by atoms with Gasteiger partial charge in [0.25, 0.3) is 0 Å². The van der Waals surface area contributed by atoms with Crippen molar-refractivity contribution in [3.63, 3.8) is 0 Å². The lowest BCUT2D eigenvalue weighted by molar-refractivity contribution is 0.475. The van der Waals surface area contributed by atoms with E-state index >= 15 is 0 Å². The van der Waals surface area contributed by atoms with E-state index in [-0.39, 0.29) is 5.75 Å². The Morgan fingerprint density at radius 3 is 1.53 bits per heavy atom. The molecule has 5 heteroatoms. The molecule has 2 aliphatic rings. The first-order valence-electron chi connectivity index (χ1n) is 16.3. The Balaban J connectivity index is 1.47. The summed E-state index contributed by atoms with van der Waals surface area (Å²) in [4.78, 5) is 18.1. The number of benzene rings is 4. The predicted octanol–water partition coefficient (Wildman–Crippen LogP) is 11.0. The molecule has 4 aromatic carbocycles. The first-order chi connectivity index (χ1) is 24.2. The van der Waals surface area contributed by atoms with Crippen molar-refractivity contribution >= 4 is 46.4 Å². The van der Waals surface area contributed by atoms with Crippen LogP contribution in [0.1, 0.15) is 22.8 Å². The number of hydrogen-bond acceptors (Lipinski definition) is 3. The summed E-state index contributed by atoms with van der Waals surface area (Å²) in [6, 6.07) is 47.1. The Kier molecular flexibility index (Phi) is 6.87. The third kappa shape index (κ3) is 5.24. The van der Waals surface area contributed by atoms with Gasteiger partial charge in [0, 0.05) is 38.8 Å². The summed E-state index contributed by atoms with van der Waals surface area (Å²) in [5.74, 6) is 0.225. The highest BCUT2D eigenvalue weighted by atomic mass is 16.3. The zero-order valence-corrected chi connectivity index (χ0v) is 26.4. The molecule has 0 aliphatic carbocycles. The van der Waals surface area contributed by atoms with Gasteiger partial charge in [-0.1, -0.05) is 103 Å². The monoisotopic (exact) mass is 630 g/mol. The zero-order valence-electron chi connectivity index (χ0n) is 26.4. The standard InChI is InChI=1S/C44H30N4O/c49-34-19-16-28(17-20-34)35-27-33-26-32-18-21-36(45-32)41(29-10-4-1-5-11-29)37-22-23-38(47-37)42(30-12-6-2-7-13-30)39-24-25-40(48-39)43(44(35)46-33)31-14-8-3-9-15-31/h1-27,46-47,49H. The molecule has 7 aromatic rings. The number of nitrogens with one attached hydrogen (secondary N) is 2. The van der Waals surface area contributed by atoms with Crippen molar-refractivity contribution in [3.05, 3.63) is 162 Å². The molecule has 0 unspecified atom stereocenters. The van der Waals surface area contributed by atoms with Crippen LogP contribution in [-0.4, -0.2) is 25.0 Å². The number of aromatic nitrogens is 4. The number of aromatic amines is 2. The van der Waals surface area contributed by atoms with E-state index in [1.54, 1.807) is 12.1 Å². The Bertz CT molecular complexity index is 2580. The molecule has 5 nitrogen and oxygen atoms in total. The third-order valence-electron chi connectivity index (χ3n) is 9.05. The fraction of sp³-hybridized carbons (Fsp3) is 0. The lowest BCUT2D eigenvalue weighted by atomic mass is 9.99. The smallest absolute Gasteiger partial charge is 0.115 e. The van der Waals surface area contributed by atoms with Gasteiger partial charge in [-0.25, -0.2) is 9.97 Å². The van der Waals surface area contributed by atoms with Crippen LogP contribution in [0.15, 0.2) is 140 Å². The summed E-state index contributed by atoms with van der Waals surface area (Å²) in [5.41, 5.74) is 15.4. The van der Waals surface area contributed by atoms with Gasteiger partial charge in [0.05, 0.1) is 28.3 Å². The number of fused-ring (bicyclic) bond motifs is 8. The Morgan fingerprint density at radius 1 is 0.429 bits per heavy atom. The number of H-pyrrole nitrogens is 2. The molecule has 0 spiro atoms. The molecule has 0 amide bonds. The number of phenols is 1. The third-order valence-corrected chi connectivity index (χ3v) is 9.05. The highest BCUT2D eigenvalue weighted by Gasteiger charge is 2.18. The average Bonchev–Trinajstić information content (AvgIpc) is 3.97. The predicted molar refractivity (Wildman–Crippen MR) is 202 cm³/mol. The Hall–Kier alpha value is -6.72. The summed E-state index contributed by atoms with van der Waals surface area (Å²) in [7, 11) is 0. The number of aromatic hydroxyl groups is 1. The van der Waals surface area contributed by atoms with Crippen LogP contribution in [0.5, 0.6) is 5.75 Å². The van der Waals surface area contributed by atoms with E-state index in [2.05, 4.69) is 131 Å². The minimum absolute atomic E-state index is 0.225. The second kappa shape index (κ2) is 11.8. The second-order valence-corrected chi connectivity index (χ2v) is 12.2. The molecule has 0 fully saturated rings. The molecule has 3 aromatic heterocycles. The normalized spacial score (nSPS) is 12.0. The number of rotatable bonds is 4. The highest BCUT2D eigenvalue weighted by molar-refractivity contribution is 6.01. The van der Waals surface area contributed by atoms with Gasteiger partial charge < -0.3 is 15.1 Å². The maximum Gasteiger partial charge on any atom is 0.115 e. The maximum absolute atomic E-state index is 10.1. The summed E-state index contributed by atoms with van der Waals surface area (Å²) in [5, 5.41) is 10.1. The van der Waals surface area contributed by atoms with Gasteiger partial charge in [0.2, 0.25) is 0 Å². The van der Waals surface area contributed by atoms with E-state index in [1.807, 2.05) is 30.3 Å². The zero-order chi connectivity index (χ0) is 32.7. The van der Waals surface area contributed by atoms with Crippen LogP contribution in [0.3, 0.4) is 0 Å². The van der Waals surface area contributed by atoms with Gasteiger partial charge in [0.15, 0.2) is 0 Å². The lowest BCUT2D eigenvalue weighted by Gasteiger charge is -2.07. The molecule has 9 rings (SSSR count). The van der Waals surface area contributed by atoms with E-state index in [1.165, 1.54) is 0 Å². The van der Waals surface area contributed by atoms with E-state index in [4.69, 9.17) is 9.97 Å². The van der Waals surface area contributed by atoms with Crippen molar-refractivity contribution in [2.75, 3.05) is 0 Å². The molecule has 5 heterocycles. The summed E-state index contributed by atoms with van der Waals surface area (Å²) >= 11 is 0. The Labute approximate surface area is 283 Å². The van der Waals surface area contributed by atoms with Crippen molar-refractivity contribution in [2.24, 2.45) is 0 Å². The molecule has 49 heavy (non-hydrogen) atoms. The molecule has 2 aliphatic heterocycles. The number of phenolic OH excluding ortho intramolecular Hbond substituents is 1. The first-order valence-corrected chi connectivity index (χ1v) is 16.3. The molecule has 0 saturated carbocycles. The van der Waals surface area contributed by atoms with E-state index in [9.17, 15) is 5.11 Å². The first kappa shape index (κ1) is 28.5. The van der Waals surface area contributed by atoms with Crippen LogP contribution in [0.25, 0.3) is 90.9 Å². The van der Waals surface area contributed by atoms with Crippen LogP contribution in [-0.2, 0) is 0 Å². The lowest BCUT2D eigenvalue weighted by Crippen LogP contribution is -1.89. The van der Waals surface area contributed by atoms with Crippen LogP contribution in [0.2, 0.25) is 0 Å². The minimum atomic E-state index is 0.225. The summed E-state index contributed by atoms with van der Waals surface area (Å²) in [6.07, 6.45) is 8.38. The molecule has 8 bridgehead atoms. The second-order valence-electron chi connectivity index (χ2n) is 12.2. The molecular formula is C44H30N4O. The molecule has 0 radical (unpaired) electrons. The fourth-order valence-corrected chi connectivity index (χ4v) is 6.82. The van der Waals surface area contributed by atoms with Gasteiger partial charge in [-0.15, -0.1) is 0 Å². The van der Waals surface area contributed by atoms with Crippen molar-refractivity contribution in [2.45, 2.75) is 0 Å². The molecule has 232 valence electrons. The van der Waals surface area contributed by atoms with Gasteiger partial charge in [-0.2, -0.15) is 0 Å². The Morgan fingerprint density at radius 2 is 0.939 bits per heavy atom. The quantitative estimate of drug-likeness (QED) is 0.181. The van der Waals surface area contributed by atoms with Gasteiger partial charge in [-0.3, -0.25) is 0 Å². The van der Waals surface area contributed by atoms with Gasteiger partial charge in [0.1, 0.15) is 5.75 Å². The molecule has 0 saturated heterocycles. The van der Waals surface area contributed by atoms with Crippen molar-refractivity contribution in [3.8, 4) is 50.3 Å². The van der Waals surface area contributed by atoms with Gasteiger partial charge in [-0.05, 0) is 83.0 Å². The van der Waals surface area contributed by atoms with E-state index < -0.39 is 0 Å². The topological polar surface area (TPSA) is 77.6 Å². The molecule has 3 N–H and O–H groups in total. The molecular weight excluding hydrogens is 601 g/mol. The largest absolute Gasteiger partial charge is 0.508 e. The van der Waals surface area contributed by atoms with Crippen LogP contribution >= 0.6 is 0 Å². The highest BCUT2D eigenvalue weighted by Crippen LogP contribution is 2.39. The fourth-order valence-electron chi connectivity index (χ4n) is 6.82. The minimum Gasteiger partial charge on any atom is -0.508 e. The van der Waals surface area contributed by atoms with Crippen molar-refractivity contribution < 1.29 is 5.11 Å². The van der Waals surface area contributed by atoms with Gasteiger partial charge >= 0.3 is 0 Å². The average molecular weight is 631 g/mol. The van der Waals surface area contributed by atoms with Crippen LogP contribution in [0.4, 0.5) is 0 Å². The number of nitrogens with zero attached hydrogens (tertiary/aromatic N) is 2.